The Bertz CT molecular complexity index is 235. The molecule has 0 radical (unpaired) electrons. The van der Waals surface area contributed by atoms with Crippen molar-refractivity contribution in [2.75, 3.05) is 7.11 Å². The van der Waals surface area contributed by atoms with Crippen LogP contribution in [0, 0.1) is 0 Å². The first-order valence-corrected chi connectivity index (χ1v) is 4.31. The average molecular weight is 215 g/mol. The topological polar surface area (TPSA) is 9.23 Å². The lowest BCUT2D eigenvalue weighted by molar-refractivity contribution is 0.119. The molecule has 0 spiro atoms. The monoisotopic (exact) mass is 214 g/mol. The summed E-state index contributed by atoms with van der Waals surface area (Å²) in [6.45, 7) is 2.03. The Hall–Kier alpha value is -0.340. The van der Waals surface area contributed by atoms with Crippen LogP contribution in [0.25, 0.3) is 0 Å². The van der Waals surface area contributed by atoms with Crippen LogP contribution < -0.4 is 0 Å². The summed E-state index contributed by atoms with van der Waals surface area (Å²) in [5, 5.41) is 0. The minimum atomic E-state index is 0.174. The van der Waals surface area contributed by atoms with Gasteiger partial charge in [0.25, 0.3) is 0 Å². The van der Waals surface area contributed by atoms with Crippen molar-refractivity contribution in [2.24, 2.45) is 0 Å². The van der Waals surface area contributed by atoms with Gasteiger partial charge in [0.15, 0.2) is 0 Å². The standard InChI is InChI=1S/C9H11BrO/c1-7(11-2)8-4-3-5-9(10)6-8/h3-7H,1-2H3. The van der Waals surface area contributed by atoms with Gasteiger partial charge in [0.05, 0.1) is 6.10 Å². The van der Waals surface area contributed by atoms with E-state index in [1.54, 1.807) is 7.11 Å². The van der Waals surface area contributed by atoms with E-state index in [2.05, 4.69) is 28.1 Å². The van der Waals surface area contributed by atoms with E-state index in [4.69, 9.17) is 4.74 Å². The molecule has 0 aliphatic heterocycles. The normalized spacial score (nSPS) is 13.0. The fraction of sp³-hybridized carbons (Fsp3) is 0.333. The molecule has 1 nitrogen and oxygen atoms in total. The molecule has 0 aliphatic carbocycles. The fourth-order valence-corrected chi connectivity index (χ4v) is 1.31. The third-order valence-corrected chi connectivity index (χ3v) is 2.16. The first kappa shape index (κ1) is 8.75. The van der Waals surface area contributed by atoms with E-state index in [1.165, 1.54) is 5.56 Å². The van der Waals surface area contributed by atoms with Crippen molar-refractivity contribution in [1.29, 1.82) is 0 Å². The Balaban J connectivity index is 2.86. The van der Waals surface area contributed by atoms with Gasteiger partial charge in [-0.3, -0.25) is 0 Å². The molecule has 0 bridgehead atoms. The number of ether oxygens (including phenoxy) is 1. The maximum atomic E-state index is 5.17. The minimum Gasteiger partial charge on any atom is -0.377 e. The molecule has 0 aliphatic rings. The first-order chi connectivity index (χ1) is 5.24. The van der Waals surface area contributed by atoms with E-state index in [1.807, 2.05) is 19.1 Å². The number of rotatable bonds is 2. The van der Waals surface area contributed by atoms with E-state index >= 15 is 0 Å². The Morgan fingerprint density at radius 1 is 1.45 bits per heavy atom. The van der Waals surface area contributed by atoms with Gasteiger partial charge in [-0.25, -0.2) is 0 Å². The maximum absolute atomic E-state index is 5.17. The Kier molecular flexibility index (Phi) is 3.09. The van der Waals surface area contributed by atoms with E-state index in [0.717, 1.165) is 4.47 Å². The van der Waals surface area contributed by atoms with Gasteiger partial charge in [0.2, 0.25) is 0 Å². The maximum Gasteiger partial charge on any atom is 0.0793 e. The SMILES string of the molecule is COC(C)c1cccc(Br)c1. The zero-order valence-electron chi connectivity index (χ0n) is 6.67. The summed E-state index contributed by atoms with van der Waals surface area (Å²) in [5.74, 6) is 0. The largest absolute Gasteiger partial charge is 0.377 e. The van der Waals surface area contributed by atoms with Crippen molar-refractivity contribution in [3.8, 4) is 0 Å². The predicted molar refractivity (Wildman–Crippen MR) is 49.6 cm³/mol. The quantitative estimate of drug-likeness (QED) is 0.736. The average Bonchev–Trinajstić information content (AvgIpc) is 2.03. The highest BCUT2D eigenvalue weighted by molar-refractivity contribution is 9.10. The second-order valence-corrected chi connectivity index (χ2v) is 3.35. The van der Waals surface area contributed by atoms with Gasteiger partial charge in [0.1, 0.15) is 0 Å². The highest BCUT2D eigenvalue weighted by atomic mass is 79.9. The number of halogens is 1. The van der Waals surface area contributed by atoms with Crippen molar-refractivity contribution < 1.29 is 4.74 Å². The fourth-order valence-electron chi connectivity index (χ4n) is 0.896. The van der Waals surface area contributed by atoms with Crippen LogP contribution in [0.2, 0.25) is 0 Å². The zero-order chi connectivity index (χ0) is 8.27. The van der Waals surface area contributed by atoms with Crippen LogP contribution in [0.3, 0.4) is 0 Å². The molecule has 1 rings (SSSR count). The van der Waals surface area contributed by atoms with Crippen molar-refractivity contribution in [2.45, 2.75) is 13.0 Å². The number of hydrogen-bond donors (Lipinski definition) is 0. The molecule has 1 unspecified atom stereocenters. The molecule has 11 heavy (non-hydrogen) atoms. The van der Waals surface area contributed by atoms with Gasteiger partial charge in [-0.05, 0) is 24.6 Å². The molecule has 0 N–H and O–H groups in total. The Morgan fingerprint density at radius 2 is 2.18 bits per heavy atom. The Labute approximate surface area is 75.5 Å². The van der Waals surface area contributed by atoms with Gasteiger partial charge in [-0.2, -0.15) is 0 Å². The predicted octanol–water partition coefficient (Wildman–Crippen LogP) is 3.16. The van der Waals surface area contributed by atoms with Crippen molar-refractivity contribution in [3.05, 3.63) is 34.3 Å². The van der Waals surface area contributed by atoms with Gasteiger partial charge < -0.3 is 4.74 Å². The smallest absolute Gasteiger partial charge is 0.0793 e. The van der Waals surface area contributed by atoms with Crippen molar-refractivity contribution in [3.63, 3.8) is 0 Å². The summed E-state index contributed by atoms with van der Waals surface area (Å²) < 4.78 is 6.27. The second kappa shape index (κ2) is 3.88. The highest BCUT2D eigenvalue weighted by Gasteiger charge is 2.01. The lowest BCUT2D eigenvalue weighted by atomic mass is 10.1. The molecule has 0 aromatic heterocycles. The molecular weight excluding hydrogens is 204 g/mol. The lowest BCUT2D eigenvalue weighted by Crippen LogP contribution is -1.94. The Morgan fingerprint density at radius 3 is 2.73 bits per heavy atom. The molecule has 1 aromatic rings. The second-order valence-electron chi connectivity index (χ2n) is 2.43. The first-order valence-electron chi connectivity index (χ1n) is 3.52. The third kappa shape index (κ3) is 2.31. The summed E-state index contributed by atoms with van der Waals surface area (Å²) in [7, 11) is 1.71. The van der Waals surface area contributed by atoms with Gasteiger partial charge in [-0.15, -0.1) is 0 Å². The lowest BCUT2D eigenvalue weighted by Gasteiger charge is -2.09. The summed E-state index contributed by atoms with van der Waals surface area (Å²) in [5.41, 5.74) is 1.20. The van der Waals surface area contributed by atoms with Crippen LogP contribution >= 0.6 is 15.9 Å². The van der Waals surface area contributed by atoms with Gasteiger partial charge in [0, 0.05) is 11.6 Å². The molecule has 1 aromatic carbocycles. The molecular formula is C9H11BrO. The van der Waals surface area contributed by atoms with E-state index < -0.39 is 0 Å². The summed E-state index contributed by atoms with van der Waals surface area (Å²) in [6.07, 6.45) is 0.174. The molecule has 0 saturated carbocycles. The molecule has 0 fully saturated rings. The third-order valence-electron chi connectivity index (χ3n) is 1.67. The van der Waals surface area contributed by atoms with Gasteiger partial charge in [-0.1, -0.05) is 28.1 Å². The van der Waals surface area contributed by atoms with Crippen LogP contribution in [0.5, 0.6) is 0 Å². The van der Waals surface area contributed by atoms with Crippen LogP contribution in [-0.4, -0.2) is 7.11 Å². The van der Waals surface area contributed by atoms with Crippen LogP contribution in [0.4, 0.5) is 0 Å². The summed E-state index contributed by atoms with van der Waals surface area (Å²) in [6, 6.07) is 8.13. The minimum absolute atomic E-state index is 0.174. The van der Waals surface area contributed by atoms with Crippen LogP contribution in [0.15, 0.2) is 28.7 Å². The number of benzene rings is 1. The van der Waals surface area contributed by atoms with E-state index in [0.29, 0.717) is 0 Å². The molecule has 1 atom stereocenters. The summed E-state index contributed by atoms with van der Waals surface area (Å²) >= 11 is 3.40. The van der Waals surface area contributed by atoms with Crippen molar-refractivity contribution >= 4 is 15.9 Å². The van der Waals surface area contributed by atoms with E-state index in [9.17, 15) is 0 Å². The van der Waals surface area contributed by atoms with E-state index in [-0.39, 0.29) is 6.10 Å². The zero-order valence-corrected chi connectivity index (χ0v) is 8.26. The van der Waals surface area contributed by atoms with Gasteiger partial charge >= 0.3 is 0 Å². The van der Waals surface area contributed by atoms with Crippen LogP contribution in [-0.2, 0) is 4.74 Å². The summed E-state index contributed by atoms with van der Waals surface area (Å²) in [4.78, 5) is 0. The molecule has 2 heteroatoms. The van der Waals surface area contributed by atoms with Crippen molar-refractivity contribution in [1.82, 2.24) is 0 Å². The molecule has 60 valence electrons. The van der Waals surface area contributed by atoms with Crippen LogP contribution in [0.1, 0.15) is 18.6 Å². The highest BCUT2D eigenvalue weighted by Crippen LogP contribution is 2.19. The number of methoxy groups -OCH3 is 1. The molecule has 0 saturated heterocycles. The molecule has 0 heterocycles. The molecule has 0 amide bonds. The number of hydrogen-bond acceptors (Lipinski definition) is 1.